The van der Waals surface area contributed by atoms with E-state index in [2.05, 4.69) is 5.32 Å². The van der Waals surface area contributed by atoms with Crippen molar-refractivity contribution in [2.45, 2.75) is 37.5 Å². The molecule has 2 aromatic carbocycles. The normalized spacial score (nSPS) is 18.0. The molecule has 8 nitrogen and oxygen atoms in total. The van der Waals surface area contributed by atoms with Crippen molar-refractivity contribution >= 4 is 34.7 Å². The predicted molar refractivity (Wildman–Crippen MR) is 128 cm³/mol. The molecule has 0 radical (unpaired) electrons. The van der Waals surface area contributed by atoms with Crippen LogP contribution < -0.4 is 10.1 Å². The molecule has 0 saturated carbocycles. The van der Waals surface area contributed by atoms with Gasteiger partial charge in [-0.25, -0.2) is 0 Å². The molecule has 0 aliphatic carbocycles. The molecule has 2 fully saturated rings. The van der Waals surface area contributed by atoms with Crippen LogP contribution in [0.15, 0.2) is 54.6 Å². The first-order chi connectivity index (χ1) is 16.5. The lowest BCUT2D eigenvalue weighted by atomic mass is 10.2. The summed E-state index contributed by atoms with van der Waals surface area (Å²) in [5, 5.41) is 1.78. The van der Waals surface area contributed by atoms with Gasteiger partial charge >= 0.3 is 0 Å². The average molecular weight is 482 g/mol. The number of para-hydroxylation sites is 1. The largest absolute Gasteiger partial charge is 0.457 e. The Balaban J connectivity index is 1.19. The average Bonchev–Trinajstić information content (AvgIpc) is 3.36. The zero-order valence-corrected chi connectivity index (χ0v) is 19.6. The number of carbonyl (C=O) groups is 4. The van der Waals surface area contributed by atoms with Crippen LogP contribution in [0, 0.1) is 0 Å². The Kier molecular flexibility index (Phi) is 7.84. The standard InChI is InChI=1S/C25H27N3O5S/c29-22(26-17-18-9-11-20(12-10-18)33-19-6-2-1-3-7-19)16-21-24(31)28(25(32)34-21)15-5-14-27-13-4-8-23(27)30/h1-3,6-7,9-12,21H,4-5,8,13-17H2,(H,26,29). The minimum absolute atomic E-state index is 0.0500. The van der Waals surface area contributed by atoms with E-state index in [1.807, 2.05) is 54.6 Å². The quantitative estimate of drug-likeness (QED) is 0.558. The van der Waals surface area contributed by atoms with Crippen LogP contribution in [-0.4, -0.2) is 57.6 Å². The smallest absolute Gasteiger partial charge is 0.289 e. The van der Waals surface area contributed by atoms with Gasteiger partial charge in [-0.05, 0) is 42.7 Å². The number of hydrogen-bond donors (Lipinski definition) is 1. The van der Waals surface area contributed by atoms with Crippen LogP contribution in [0.3, 0.4) is 0 Å². The van der Waals surface area contributed by atoms with Gasteiger partial charge in [-0.2, -0.15) is 0 Å². The lowest BCUT2D eigenvalue weighted by molar-refractivity contribution is -0.130. The first-order valence-electron chi connectivity index (χ1n) is 11.4. The van der Waals surface area contributed by atoms with Crippen LogP contribution in [0.5, 0.6) is 11.5 Å². The fourth-order valence-electron chi connectivity index (χ4n) is 3.93. The molecule has 2 heterocycles. The molecule has 1 N–H and O–H groups in total. The second-order valence-corrected chi connectivity index (χ2v) is 9.39. The van der Waals surface area contributed by atoms with Crippen molar-refractivity contribution in [1.29, 1.82) is 0 Å². The summed E-state index contributed by atoms with van der Waals surface area (Å²) in [6.45, 7) is 1.86. The molecule has 178 valence electrons. The van der Waals surface area contributed by atoms with Crippen LogP contribution in [0.2, 0.25) is 0 Å². The van der Waals surface area contributed by atoms with Gasteiger partial charge in [0, 0.05) is 39.0 Å². The van der Waals surface area contributed by atoms with Gasteiger partial charge in [0.05, 0.1) is 0 Å². The molecule has 2 aromatic rings. The summed E-state index contributed by atoms with van der Waals surface area (Å²) in [5.74, 6) is 0.951. The van der Waals surface area contributed by atoms with E-state index < -0.39 is 5.25 Å². The number of ether oxygens (including phenoxy) is 1. The van der Waals surface area contributed by atoms with E-state index in [4.69, 9.17) is 4.74 Å². The number of rotatable bonds is 10. The van der Waals surface area contributed by atoms with Crippen molar-refractivity contribution in [3.8, 4) is 11.5 Å². The summed E-state index contributed by atoms with van der Waals surface area (Å²) in [6, 6.07) is 16.9. The highest BCUT2D eigenvalue weighted by Crippen LogP contribution is 2.29. The summed E-state index contributed by atoms with van der Waals surface area (Å²) in [5.41, 5.74) is 0.897. The van der Waals surface area contributed by atoms with Crippen LogP contribution in [0.25, 0.3) is 0 Å². The number of imide groups is 1. The molecule has 34 heavy (non-hydrogen) atoms. The molecular formula is C25H27N3O5S. The number of benzene rings is 2. The predicted octanol–water partition coefficient (Wildman–Crippen LogP) is 3.56. The summed E-state index contributed by atoms with van der Waals surface area (Å²) >= 11 is 0.897. The number of likely N-dealkylation sites (tertiary alicyclic amines) is 1. The van der Waals surface area contributed by atoms with Crippen molar-refractivity contribution in [3.63, 3.8) is 0 Å². The van der Waals surface area contributed by atoms with Crippen molar-refractivity contribution in [2.24, 2.45) is 0 Å². The van der Waals surface area contributed by atoms with Gasteiger partial charge in [0.2, 0.25) is 17.7 Å². The maximum Gasteiger partial charge on any atom is 0.289 e. The lowest BCUT2D eigenvalue weighted by Crippen LogP contribution is -2.36. The molecule has 2 aliphatic rings. The fraction of sp³-hybridized carbons (Fsp3) is 0.360. The number of hydrogen-bond acceptors (Lipinski definition) is 6. The topological polar surface area (TPSA) is 96.0 Å². The number of carbonyl (C=O) groups excluding carboxylic acids is 4. The van der Waals surface area contributed by atoms with Gasteiger partial charge in [0.15, 0.2) is 0 Å². The minimum atomic E-state index is -0.706. The molecule has 9 heteroatoms. The lowest BCUT2D eigenvalue weighted by Gasteiger charge is -2.18. The van der Waals surface area contributed by atoms with Gasteiger partial charge in [-0.1, -0.05) is 42.1 Å². The molecule has 2 saturated heterocycles. The maximum atomic E-state index is 12.6. The Hall–Kier alpha value is -3.33. The Morgan fingerprint density at radius 3 is 2.44 bits per heavy atom. The molecule has 4 amide bonds. The number of nitrogens with zero attached hydrogens (tertiary/aromatic N) is 2. The Morgan fingerprint density at radius 2 is 1.74 bits per heavy atom. The van der Waals surface area contributed by atoms with Crippen LogP contribution in [-0.2, 0) is 20.9 Å². The van der Waals surface area contributed by atoms with Gasteiger partial charge in [-0.3, -0.25) is 24.1 Å². The second kappa shape index (κ2) is 11.2. The second-order valence-electron chi connectivity index (χ2n) is 8.24. The van der Waals surface area contributed by atoms with E-state index in [9.17, 15) is 19.2 Å². The number of amides is 4. The van der Waals surface area contributed by atoms with Gasteiger partial charge in [0.1, 0.15) is 16.7 Å². The molecule has 0 bridgehead atoms. The van der Waals surface area contributed by atoms with E-state index in [1.165, 1.54) is 4.90 Å². The molecule has 2 aliphatic heterocycles. The number of thioether (sulfide) groups is 1. The van der Waals surface area contributed by atoms with E-state index in [-0.39, 0.29) is 35.9 Å². The van der Waals surface area contributed by atoms with Gasteiger partial charge in [-0.15, -0.1) is 0 Å². The van der Waals surface area contributed by atoms with Crippen molar-refractivity contribution in [2.75, 3.05) is 19.6 Å². The van der Waals surface area contributed by atoms with Crippen molar-refractivity contribution in [1.82, 2.24) is 15.1 Å². The van der Waals surface area contributed by atoms with Crippen molar-refractivity contribution < 1.29 is 23.9 Å². The monoisotopic (exact) mass is 481 g/mol. The minimum Gasteiger partial charge on any atom is -0.457 e. The van der Waals surface area contributed by atoms with E-state index in [0.29, 0.717) is 31.7 Å². The highest BCUT2D eigenvalue weighted by Gasteiger charge is 2.40. The zero-order valence-electron chi connectivity index (χ0n) is 18.8. The van der Waals surface area contributed by atoms with Crippen LogP contribution in [0.4, 0.5) is 4.79 Å². The SMILES string of the molecule is O=C(CC1SC(=O)N(CCCN2CCCC2=O)C1=O)NCc1ccc(Oc2ccccc2)cc1. The Bertz CT molecular complexity index is 1040. The van der Waals surface area contributed by atoms with Crippen LogP contribution in [0.1, 0.15) is 31.2 Å². The molecule has 0 spiro atoms. The molecular weight excluding hydrogens is 454 g/mol. The third-order valence-electron chi connectivity index (χ3n) is 5.75. The molecule has 0 aromatic heterocycles. The fourth-order valence-corrected chi connectivity index (χ4v) is 4.95. The highest BCUT2D eigenvalue weighted by atomic mass is 32.2. The summed E-state index contributed by atoms with van der Waals surface area (Å²) in [6.07, 6.45) is 1.93. The first-order valence-corrected chi connectivity index (χ1v) is 12.3. The maximum absolute atomic E-state index is 12.6. The Morgan fingerprint density at radius 1 is 1.00 bits per heavy atom. The summed E-state index contributed by atoms with van der Waals surface area (Å²) < 4.78 is 5.76. The molecule has 1 atom stereocenters. The van der Waals surface area contributed by atoms with E-state index in [1.54, 1.807) is 4.90 Å². The van der Waals surface area contributed by atoms with E-state index in [0.717, 1.165) is 36.0 Å². The third kappa shape index (κ3) is 6.17. The molecule has 1 unspecified atom stereocenters. The zero-order chi connectivity index (χ0) is 23.9. The van der Waals surface area contributed by atoms with Gasteiger partial charge in [0.25, 0.3) is 5.24 Å². The third-order valence-corrected chi connectivity index (χ3v) is 6.82. The van der Waals surface area contributed by atoms with E-state index >= 15 is 0 Å². The van der Waals surface area contributed by atoms with Crippen LogP contribution >= 0.6 is 11.8 Å². The highest BCUT2D eigenvalue weighted by molar-refractivity contribution is 8.15. The first kappa shape index (κ1) is 23.8. The summed E-state index contributed by atoms with van der Waals surface area (Å²) in [4.78, 5) is 51.9. The summed E-state index contributed by atoms with van der Waals surface area (Å²) in [7, 11) is 0. The van der Waals surface area contributed by atoms with Crippen molar-refractivity contribution in [3.05, 3.63) is 60.2 Å². The van der Waals surface area contributed by atoms with Gasteiger partial charge < -0.3 is 15.0 Å². The molecule has 4 rings (SSSR count). The number of nitrogens with one attached hydrogen (secondary N) is 1. The Labute approximate surface area is 202 Å².